The molecule has 2 aromatic rings. The second kappa shape index (κ2) is 7.23. The molecule has 0 saturated carbocycles. The fraction of sp³-hybridized carbons (Fsp3) is 0.304. The largest absolute Gasteiger partial charge is 0.497 e. The van der Waals surface area contributed by atoms with Crippen LogP contribution < -0.4 is 4.74 Å². The second-order valence-electron chi connectivity index (χ2n) is 7.39. The number of halogens is 1. The summed E-state index contributed by atoms with van der Waals surface area (Å²) in [6, 6.07) is 12.6. The number of nitrogens with zero attached hydrogens (tertiary/aromatic N) is 2. The normalized spacial score (nSPS) is 21.1. The van der Waals surface area contributed by atoms with E-state index in [2.05, 4.69) is 12.1 Å². The number of carbonyl (C=O) groups excluding carboxylic acids is 1. The van der Waals surface area contributed by atoms with Crippen molar-refractivity contribution in [3.63, 3.8) is 0 Å². The van der Waals surface area contributed by atoms with Crippen LogP contribution in [0.4, 0.5) is 4.39 Å². The highest BCUT2D eigenvalue weighted by Gasteiger charge is 2.42. The lowest BCUT2D eigenvalue weighted by molar-refractivity contribution is -0.112. The summed E-state index contributed by atoms with van der Waals surface area (Å²) >= 11 is 0. The summed E-state index contributed by atoms with van der Waals surface area (Å²) in [5.74, 6) is 0.677. The van der Waals surface area contributed by atoms with Crippen molar-refractivity contribution in [1.82, 2.24) is 5.01 Å². The van der Waals surface area contributed by atoms with E-state index >= 15 is 0 Å². The van der Waals surface area contributed by atoms with E-state index in [1.165, 1.54) is 18.6 Å². The number of fused-ring (bicyclic) bond motifs is 3. The minimum atomic E-state index is -0.264. The molecule has 1 aliphatic carbocycles. The number of hydrazone groups is 1. The highest BCUT2D eigenvalue weighted by molar-refractivity contribution is 6.06. The van der Waals surface area contributed by atoms with Crippen LogP contribution in [0.5, 0.6) is 5.75 Å². The smallest absolute Gasteiger partial charge is 0.154 e. The molecule has 4 rings (SSSR count). The molecule has 0 N–H and O–H groups in total. The van der Waals surface area contributed by atoms with Gasteiger partial charge in [-0.3, -0.25) is 9.80 Å². The first-order valence-electron chi connectivity index (χ1n) is 9.47. The molecule has 1 aliphatic heterocycles. The molecule has 0 spiro atoms. The van der Waals surface area contributed by atoms with E-state index < -0.39 is 0 Å². The van der Waals surface area contributed by atoms with Crippen molar-refractivity contribution in [2.45, 2.75) is 32.7 Å². The number of methoxy groups -OCH3 is 1. The van der Waals surface area contributed by atoms with E-state index in [1.54, 1.807) is 25.3 Å². The Hall–Kier alpha value is -2.95. The number of benzene rings is 2. The Morgan fingerprint density at radius 2 is 2.07 bits per heavy atom. The van der Waals surface area contributed by atoms with Gasteiger partial charge in [-0.15, -0.1) is 0 Å². The average Bonchev–Trinajstić information content (AvgIpc) is 3.07. The molecular formula is C23H23FN2O2. The van der Waals surface area contributed by atoms with Crippen LogP contribution in [0, 0.1) is 11.7 Å². The lowest BCUT2D eigenvalue weighted by Gasteiger charge is -2.31. The van der Waals surface area contributed by atoms with Gasteiger partial charge in [-0.2, -0.15) is 5.10 Å². The van der Waals surface area contributed by atoms with Gasteiger partial charge >= 0.3 is 0 Å². The fourth-order valence-corrected chi connectivity index (χ4v) is 4.31. The summed E-state index contributed by atoms with van der Waals surface area (Å²) in [4.78, 5) is 11.7. The van der Waals surface area contributed by atoms with E-state index in [9.17, 15) is 9.18 Å². The van der Waals surface area contributed by atoms with Crippen LogP contribution in [0.1, 0.15) is 43.0 Å². The maximum atomic E-state index is 14.0. The predicted molar refractivity (Wildman–Crippen MR) is 107 cm³/mol. The molecule has 2 atom stereocenters. The third-order valence-corrected chi connectivity index (χ3v) is 5.49. The van der Waals surface area contributed by atoms with Gasteiger partial charge in [-0.05, 0) is 68.1 Å². The van der Waals surface area contributed by atoms with Crippen molar-refractivity contribution < 1.29 is 13.9 Å². The Morgan fingerprint density at radius 1 is 1.25 bits per heavy atom. The number of aryl methyl sites for hydroxylation is 1. The molecule has 0 unspecified atom stereocenters. The van der Waals surface area contributed by atoms with Gasteiger partial charge in [-0.25, -0.2) is 4.39 Å². The molecular weight excluding hydrogens is 355 g/mol. The quantitative estimate of drug-likeness (QED) is 0.727. The monoisotopic (exact) mass is 378 g/mol. The molecule has 0 radical (unpaired) electrons. The maximum absolute atomic E-state index is 14.0. The van der Waals surface area contributed by atoms with Crippen LogP contribution in [-0.4, -0.2) is 23.6 Å². The summed E-state index contributed by atoms with van der Waals surface area (Å²) in [6.45, 7) is 3.41. The zero-order chi connectivity index (χ0) is 19.8. The number of ketones is 1. The average molecular weight is 378 g/mol. The molecule has 2 aromatic carbocycles. The van der Waals surface area contributed by atoms with Gasteiger partial charge in [0.05, 0.1) is 18.9 Å². The summed E-state index contributed by atoms with van der Waals surface area (Å²) in [5.41, 5.74) is 4.95. The number of rotatable bonds is 4. The lowest BCUT2D eigenvalue weighted by Crippen LogP contribution is -2.28. The highest BCUT2D eigenvalue weighted by Crippen LogP contribution is 2.45. The lowest BCUT2D eigenvalue weighted by atomic mass is 9.77. The number of hydrogen-bond acceptors (Lipinski definition) is 4. The number of hydrogen-bond donors (Lipinski definition) is 0. The third kappa shape index (κ3) is 3.21. The Morgan fingerprint density at radius 3 is 2.79 bits per heavy atom. The Labute approximate surface area is 164 Å². The fourth-order valence-electron chi connectivity index (χ4n) is 4.31. The topological polar surface area (TPSA) is 41.9 Å². The molecule has 1 heterocycles. The summed E-state index contributed by atoms with van der Waals surface area (Å²) < 4.78 is 19.3. The molecule has 0 bridgehead atoms. The second-order valence-corrected chi connectivity index (χ2v) is 7.39. The summed E-state index contributed by atoms with van der Waals surface area (Å²) in [7, 11) is 1.66. The van der Waals surface area contributed by atoms with E-state index in [1.807, 2.05) is 24.1 Å². The summed E-state index contributed by atoms with van der Waals surface area (Å²) in [6.07, 6.45) is 3.40. The van der Waals surface area contributed by atoms with Crippen molar-refractivity contribution in [3.8, 4) is 5.75 Å². The highest BCUT2D eigenvalue weighted by atomic mass is 19.1. The molecule has 5 heteroatoms. The summed E-state index contributed by atoms with van der Waals surface area (Å²) in [5, 5.41) is 6.80. The minimum Gasteiger partial charge on any atom is -0.497 e. The molecule has 0 saturated heterocycles. The number of carbonyl (C=O) groups is 1. The van der Waals surface area contributed by atoms with E-state index in [0.29, 0.717) is 0 Å². The minimum absolute atomic E-state index is 0.0318. The number of allylic oxidation sites excluding steroid dienone is 2. The molecule has 2 aliphatic rings. The van der Waals surface area contributed by atoms with Crippen molar-refractivity contribution in [1.29, 1.82) is 0 Å². The van der Waals surface area contributed by atoms with Gasteiger partial charge in [0, 0.05) is 23.3 Å². The van der Waals surface area contributed by atoms with Crippen LogP contribution in [0.15, 0.2) is 59.3 Å². The van der Waals surface area contributed by atoms with E-state index in [4.69, 9.17) is 9.84 Å². The predicted octanol–water partition coefficient (Wildman–Crippen LogP) is 4.65. The zero-order valence-electron chi connectivity index (χ0n) is 16.3. The standard InChI is InChI=1S/C23H23FN2O2/c1-14(11-15(2)27)26-23(17-5-4-6-18(24)12-17)21-9-7-16-13-19(28-3)8-10-20(16)22(21)25-26/h4-6,8,10-13,21,23H,7,9H2,1-3H3/b14-11+/t21-,23-/m1/s1. The molecule has 28 heavy (non-hydrogen) atoms. The van der Waals surface area contributed by atoms with Gasteiger partial charge in [0.15, 0.2) is 5.78 Å². The van der Waals surface area contributed by atoms with Gasteiger partial charge in [-0.1, -0.05) is 12.1 Å². The molecule has 144 valence electrons. The van der Waals surface area contributed by atoms with Crippen LogP contribution in [0.25, 0.3) is 0 Å². The molecule has 0 fully saturated rings. The van der Waals surface area contributed by atoms with Crippen molar-refractivity contribution in [2.24, 2.45) is 11.0 Å². The molecule has 4 nitrogen and oxygen atoms in total. The van der Waals surface area contributed by atoms with Crippen molar-refractivity contribution in [3.05, 3.63) is 76.7 Å². The SMILES string of the molecule is COc1ccc2c(c1)CC[C@@H]1C2=NN(/C(C)=C/C(C)=O)[C@@H]1c1cccc(F)c1. The van der Waals surface area contributed by atoms with E-state index in [0.717, 1.165) is 41.1 Å². The van der Waals surface area contributed by atoms with Gasteiger partial charge in [0.25, 0.3) is 0 Å². The van der Waals surface area contributed by atoms with Crippen LogP contribution in [-0.2, 0) is 11.2 Å². The first-order chi connectivity index (χ1) is 13.5. The Bertz CT molecular complexity index is 996. The van der Waals surface area contributed by atoms with Crippen LogP contribution >= 0.6 is 0 Å². The van der Waals surface area contributed by atoms with Crippen molar-refractivity contribution in [2.75, 3.05) is 7.11 Å². The van der Waals surface area contributed by atoms with Crippen LogP contribution in [0.3, 0.4) is 0 Å². The third-order valence-electron chi connectivity index (χ3n) is 5.49. The zero-order valence-corrected chi connectivity index (χ0v) is 16.3. The molecule has 0 aromatic heterocycles. The van der Waals surface area contributed by atoms with E-state index in [-0.39, 0.29) is 23.6 Å². The molecule has 0 amide bonds. The van der Waals surface area contributed by atoms with Gasteiger partial charge in [0.2, 0.25) is 0 Å². The number of ether oxygens (including phenoxy) is 1. The maximum Gasteiger partial charge on any atom is 0.154 e. The Kier molecular flexibility index (Phi) is 4.75. The van der Waals surface area contributed by atoms with Crippen LogP contribution in [0.2, 0.25) is 0 Å². The first kappa shape index (κ1) is 18.4. The Balaban J connectivity index is 1.82. The van der Waals surface area contributed by atoms with Gasteiger partial charge < -0.3 is 4.74 Å². The van der Waals surface area contributed by atoms with Crippen molar-refractivity contribution >= 4 is 11.5 Å². The first-order valence-corrected chi connectivity index (χ1v) is 9.47. The van der Waals surface area contributed by atoms with Gasteiger partial charge in [0.1, 0.15) is 11.6 Å².